The van der Waals surface area contributed by atoms with Gasteiger partial charge < -0.3 is 4.74 Å². The first-order valence-corrected chi connectivity index (χ1v) is 4.49. The SMILES string of the molecule is COC(=O)C(C)(C)/C=C/CBr. The summed E-state index contributed by atoms with van der Waals surface area (Å²) in [6, 6.07) is 0. The third-order valence-electron chi connectivity index (χ3n) is 1.34. The van der Waals surface area contributed by atoms with Crippen molar-refractivity contribution in [2.45, 2.75) is 13.8 Å². The Labute approximate surface area is 75.7 Å². The molecule has 0 aliphatic carbocycles. The highest BCUT2D eigenvalue weighted by Crippen LogP contribution is 2.18. The molecule has 0 bridgehead atoms. The molecule has 0 rings (SSSR count). The second-order valence-electron chi connectivity index (χ2n) is 2.77. The fourth-order valence-corrected chi connectivity index (χ4v) is 0.857. The minimum absolute atomic E-state index is 0.213. The van der Waals surface area contributed by atoms with Crippen molar-refractivity contribution in [1.29, 1.82) is 0 Å². The lowest BCUT2D eigenvalue weighted by atomic mass is 9.93. The Bertz CT molecular complexity index is 161. The van der Waals surface area contributed by atoms with E-state index in [1.807, 2.05) is 26.0 Å². The van der Waals surface area contributed by atoms with Crippen LogP contribution in [0.2, 0.25) is 0 Å². The van der Waals surface area contributed by atoms with Crippen molar-refractivity contribution < 1.29 is 9.53 Å². The highest BCUT2D eigenvalue weighted by Gasteiger charge is 2.24. The molecule has 0 aliphatic heterocycles. The average molecular weight is 221 g/mol. The summed E-state index contributed by atoms with van der Waals surface area (Å²) >= 11 is 3.23. The molecular formula is C8H13BrO2. The maximum atomic E-state index is 11.1. The van der Waals surface area contributed by atoms with Crippen LogP contribution >= 0.6 is 15.9 Å². The molecule has 0 amide bonds. The number of halogens is 1. The third kappa shape index (κ3) is 3.56. The molecule has 0 radical (unpaired) electrons. The normalized spacial score (nSPS) is 12.0. The second-order valence-corrected chi connectivity index (χ2v) is 3.42. The maximum Gasteiger partial charge on any atom is 0.315 e. The highest BCUT2D eigenvalue weighted by atomic mass is 79.9. The van der Waals surface area contributed by atoms with Crippen LogP contribution in [0, 0.1) is 5.41 Å². The molecule has 0 aromatic heterocycles. The van der Waals surface area contributed by atoms with Crippen molar-refractivity contribution in [1.82, 2.24) is 0 Å². The van der Waals surface area contributed by atoms with E-state index in [0.29, 0.717) is 0 Å². The van der Waals surface area contributed by atoms with Crippen molar-refractivity contribution in [3.05, 3.63) is 12.2 Å². The number of alkyl halides is 1. The van der Waals surface area contributed by atoms with Gasteiger partial charge in [-0.1, -0.05) is 28.1 Å². The molecule has 0 saturated heterocycles. The van der Waals surface area contributed by atoms with Gasteiger partial charge in [-0.25, -0.2) is 0 Å². The smallest absolute Gasteiger partial charge is 0.315 e. The van der Waals surface area contributed by atoms with Crippen LogP contribution in [0.4, 0.5) is 0 Å². The summed E-state index contributed by atoms with van der Waals surface area (Å²) in [6.07, 6.45) is 3.71. The Balaban J connectivity index is 4.20. The summed E-state index contributed by atoms with van der Waals surface area (Å²) in [6.45, 7) is 3.63. The zero-order valence-corrected chi connectivity index (χ0v) is 8.64. The summed E-state index contributed by atoms with van der Waals surface area (Å²) in [7, 11) is 1.39. The van der Waals surface area contributed by atoms with Crippen LogP contribution in [0.15, 0.2) is 12.2 Å². The lowest BCUT2D eigenvalue weighted by Gasteiger charge is -2.15. The number of hydrogen-bond donors (Lipinski definition) is 0. The Morgan fingerprint density at radius 2 is 2.18 bits per heavy atom. The first kappa shape index (κ1) is 10.7. The molecule has 0 N–H and O–H groups in total. The molecule has 0 aromatic carbocycles. The summed E-state index contributed by atoms with van der Waals surface area (Å²) in [5.74, 6) is -0.213. The van der Waals surface area contributed by atoms with Gasteiger partial charge in [0.25, 0.3) is 0 Å². The van der Waals surface area contributed by atoms with E-state index < -0.39 is 5.41 Å². The molecule has 0 atom stereocenters. The number of hydrogen-bond acceptors (Lipinski definition) is 2. The molecule has 0 spiro atoms. The van der Waals surface area contributed by atoms with Gasteiger partial charge in [0.2, 0.25) is 0 Å². The molecule has 0 heterocycles. The summed E-state index contributed by atoms with van der Waals surface area (Å²) in [4.78, 5) is 11.1. The van der Waals surface area contributed by atoms with Gasteiger partial charge in [-0.3, -0.25) is 4.79 Å². The Kier molecular flexibility index (Phi) is 4.42. The van der Waals surface area contributed by atoms with E-state index in [-0.39, 0.29) is 5.97 Å². The number of ether oxygens (including phenoxy) is 1. The predicted molar refractivity (Wildman–Crippen MR) is 48.7 cm³/mol. The van der Waals surface area contributed by atoms with Crippen molar-refractivity contribution in [2.75, 3.05) is 12.4 Å². The van der Waals surface area contributed by atoms with E-state index in [0.717, 1.165) is 5.33 Å². The molecular weight excluding hydrogens is 208 g/mol. The molecule has 0 fully saturated rings. The van der Waals surface area contributed by atoms with Gasteiger partial charge in [0, 0.05) is 5.33 Å². The fourth-order valence-electron chi connectivity index (χ4n) is 0.670. The van der Waals surface area contributed by atoms with E-state index in [4.69, 9.17) is 0 Å². The van der Waals surface area contributed by atoms with Gasteiger partial charge in [0.05, 0.1) is 12.5 Å². The standard InChI is InChI=1S/C8H13BrO2/c1-8(2,5-4-6-9)7(10)11-3/h4-5H,6H2,1-3H3/b5-4+. The number of carbonyl (C=O) groups is 1. The summed E-state index contributed by atoms with van der Waals surface area (Å²) in [5.41, 5.74) is -0.511. The van der Waals surface area contributed by atoms with Crippen molar-refractivity contribution >= 4 is 21.9 Å². The molecule has 0 aromatic rings. The first-order valence-electron chi connectivity index (χ1n) is 3.36. The highest BCUT2D eigenvalue weighted by molar-refractivity contribution is 9.09. The van der Waals surface area contributed by atoms with Gasteiger partial charge in [-0.15, -0.1) is 0 Å². The number of allylic oxidation sites excluding steroid dienone is 1. The minimum atomic E-state index is -0.511. The molecule has 3 heteroatoms. The first-order chi connectivity index (χ1) is 5.04. The quantitative estimate of drug-likeness (QED) is 0.414. The van der Waals surface area contributed by atoms with Crippen molar-refractivity contribution in [2.24, 2.45) is 5.41 Å². The fraction of sp³-hybridized carbons (Fsp3) is 0.625. The Morgan fingerprint density at radius 3 is 2.55 bits per heavy atom. The zero-order chi connectivity index (χ0) is 8.91. The van der Waals surface area contributed by atoms with Crippen molar-refractivity contribution in [3.63, 3.8) is 0 Å². The largest absolute Gasteiger partial charge is 0.468 e. The van der Waals surface area contributed by atoms with Gasteiger partial charge in [0.1, 0.15) is 0 Å². The van der Waals surface area contributed by atoms with Gasteiger partial charge >= 0.3 is 5.97 Å². The number of carbonyl (C=O) groups excluding carboxylic acids is 1. The van der Waals surface area contributed by atoms with Gasteiger partial charge in [0.15, 0.2) is 0 Å². The van der Waals surface area contributed by atoms with E-state index in [1.165, 1.54) is 7.11 Å². The van der Waals surface area contributed by atoms with E-state index in [1.54, 1.807) is 0 Å². The molecule has 2 nitrogen and oxygen atoms in total. The van der Waals surface area contributed by atoms with E-state index in [9.17, 15) is 4.79 Å². The molecule has 64 valence electrons. The van der Waals surface area contributed by atoms with Gasteiger partial charge in [-0.05, 0) is 13.8 Å². The topological polar surface area (TPSA) is 26.3 Å². The molecule has 0 aliphatic rings. The van der Waals surface area contributed by atoms with Crippen LogP contribution in [-0.4, -0.2) is 18.4 Å². The number of methoxy groups -OCH3 is 1. The third-order valence-corrected chi connectivity index (χ3v) is 1.71. The summed E-state index contributed by atoms with van der Waals surface area (Å²) < 4.78 is 4.61. The lowest BCUT2D eigenvalue weighted by molar-refractivity contribution is -0.148. The maximum absolute atomic E-state index is 11.1. The number of rotatable bonds is 3. The second kappa shape index (κ2) is 4.54. The predicted octanol–water partition coefficient (Wildman–Crippen LogP) is 2.14. The van der Waals surface area contributed by atoms with Crippen LogP contribution in [0.5, 0.6) is 0 Å². The minimum Gasteiger partial charge on any atom is -0.468 e. The zero-order valence-electron chi connectivity index (χ0n) is 7.06. The van der Waals surface area contributed by atoms with E-state index in [2.05, 4.69) is 20.7 Å². The average Bonchev–Trinajstić information content (AvgIpc) is 1.99. The van der Waals surface area contributed by atoms with Crippen LogP contribution in [-0.2, 0) is 9.53 Å². The van der Waals surface area contributed by atoms with Crippen LogP contribution in [0.3, 0.4) is 0 Å². The Morgan fingerprint density at radius 1 is 1.64 bits per heavy atom. The summed E-state index contributed by atoms with van der Waals surface area (Å²) in [5, 5.41) is 0.757. The number of esters is 1. The van der Waals surface area contributed by atoms with Crippen LogP contribution < -0.4 is 0 Å². The van der Waals surface area contributed by atoms with Crippen molar-refractivity contribution in [3.8, 4) is 0 Å². The van der Waals surface area contributed by atoms with Crippen LogP contribution in [0.25, 0.3) is 0 Å². The molecule has 0 saturated carbocycles. The van der Waals surface area contributed by atoms with E-state index >= 15 is 0 Å². The Hall–Kier alpha value is -0.310. The van der Waals surface area contributed by atoms with Gasteiger partial charge in [-0.2, -0.15) is 0 Å². The van der Waals surface area contributed by atoms with Crippen LogP contribution in [0.1, 0.15) is 13.8 Å². The molecule has 11 heavy (non-hydrogen) atoms. The molecule has 0 unspecified atom stereocenters. The lowest BCUT2D eigenvalue weighted by Crippen LogP contribution is -2.22. The monoisotopic (exact) mass is 220 g/mol.